The van der Waals surface area contributed by atoms with Crippen LogP contribution in [0.2, 0.25) is 0 Å². The summed E-state index contributed by atoms with van der Waals surface area (Å²) in [6.07, 6.45) is 3.65. The fourth-order valence-electron chi connectivity index (χ4n) is 1.42. The van der Waals surface area contributed by atoms with E-state index in [4.69, 9.17) is 10.5 Å². The number of nitrogens with one attached hydrogen (secondary N) is 1. The molecule has 0 spiro atoms. The van der Waals surface area contributed by atoms with Gasteiger partial charge in [0.25, 0.3) is 0 Å². The number of carbonyl (C=O) groups excluding carboxylic acids is 1. The number of aromatic nitrogens is 1. The van der Waals surface area contributed by atoms with Crippen molar-refractivity contribution in [3.63, 3.8) is 0 Å². The molecule has 0 aliphatic rings. The smallest absolute Gasteiger partial charge is 0.407 e. The molecule has 0 aromatic carbocycles. The number of pyridine rings is 1. The average molecular weight is 251 g/mol. The van der Waals surface area contributed by atoms with E-state index < -0.39 is 11.7 Å². The third kappa shape index (κ3) is 5.63. The maximum atomic E-state index is 11.4. The van der Waals surface area contributed by atoms with Gasteiger partial charge in [0, 0.05) is 25.0 Å². The Balaban J connectivity index is 2.28. The van der Waals surface area contributed by atoms with Gasteiger partial charge in [0.2, 0.25) is 0 Å². The molecule has 1 aromatic heterocycles. The van der Waals surface area contributed by atoms with E-state index in [1.165, 1.54) is 0 Å². The summed E-state index contributed by atoms with van der Waals surface area (Å²) in [5.41, 5.74) is 6.52. The molecule has 1 aromatic rings. The van der Waals surface area contributed by atoms with E-state index >= 15 is 0 Å². The second-order valence-corrected chi connectivity index (χ2v) is 5.10. The Morgan fingerprint density at radius 3 is 2.61 bits per heavy atom. The van der Waals surface area contributed by atoms with Gasteiger partial charge in [-0.1, -0.05) is 0 Å². The van der Waals surface area contributed by atoms with E-state index in [1.54, 1.807) is 12.4 Å². The molecule has 0 saturated carbocycles. The number of ether oxygens (including phenoxy) is 1. The molecule has 0 radical (unpaired) electrons. The Morgan fingerprint density at radius 2 is 2.06 bits per heavy atom. The fraction of sp³-hybridized carbons (Fsp3) is 0.538. The number of nitrogens with two attached hydrogens (primary N) is 1. The van der Waals surface area contributed by atoms with Crippen LogP contribution in [0.4, 0.5) is 4.79 Å². The number of carbonyl (C=O) groups is 1. The van der Waals surface area contributed by atoms with Crippen LogP contribution in [-0.2, 0) is 4.74 Å². The van der Waals surface area contributed by atoms with E-state index in [1.807, 2.05) is 32.9 Å². The lowest BCUT2D eigenvalue weighted by Crippen LogP contribution is -2.33. The molecule has 0 fully saturated rings. The molecule has 0 saturated heterocycles. The number of rotatable bonds is 4. The Kier molecular flexibility index (Phi) is 5.09. The number of hydrogen-bond donors (Lipinski definition) is 2. The molecule has 3 N–H and O–H groups in total. The summed E-state index contributed by atoms with van der Waals surface area (Å²) >= 11 is 0. The van der Waals surface area contributed by atoms with Crippen LogP contribution < -0.4 is 11.1 Å². The maximum Gasteiger partial charge on any atom is 0.407 e. The van der Waals surface area contributed by atoms with Crippen molar-refractivity contribution in [3.8, 4) is 0 Å². The van der Waals surface area contributed by atoms with Gasteiger partial charge in [-0.05, 0) is 44.9 Å². The van der Waals surface area contributed by atoms with Gasteiger partial charge in [-0.2, -0.15) is 0 Å². The van der Waals surface area contributed by atoms with Gasteiger partial charge in [-0.25, -0.2) is 4.79 Å². The second kappa shape index (κ2) is 6.35. The number of nitrogens with zero attached hydrogens (tertiary/aromatic N) is 1. The first kappa shape index (κ1) is 14.4. The number of hydrogen-bond acceptors (Lipinski definition) is 4. The molecule has 5 heteroatoms. The van der Waals surface area contributed by atoms with E-state index in [0.29, 0.717) is 13.0 Å². The summed E-state index contributed by atoms with van der Waals surface area (Å²) in [5.74, 6) is 0. The molecule has 1 atom stereocenters. The highest BCUT2D eigenvalue weighted by molar-refractivity contribution is 5.67. The average Bonchev–Trinajstić information content (AvgIpc) is 2.27. The van der Waals surface area contributed by atoms with E-state index in [9.17, 15) is 4.79 Å². The largest absolute Gasteiger partial charge is 0.444 e. The number of amides is 1. The molecule has 0 aliphatic heterocycles. The van der Waals surface area contributed by atoms with Crippen molar-refractivity contribution in [3.05, 3.63) is 30.1 Å². The molecule has 0 bridgehead atoms. The Bertz CT molecular complexity index is 374. The lowest BCUT2D eigenvalue weighted by Gasteiger charge is -2.20. The first-order chi connectivity index (χ1) is 8.38. The minimum Gasteiger partial charge on any atom is -0.444 e. The molecule has 1 heterocycles. The van der Waals surface area contributed by atoms with Crippen LogP contribution in [0.5, 0.6) is 0 Å². The Labute approximate surface area is 108 Å². The van der Waals surface area contributed by atoms with Crippen molar-refractivity contribution in [2.24, 2.45) is 5.73 Å². The molecule has 0 aliphatic carbocycles. The molecule has 5 nitrogen and oxygen atoms in total. The predicted molar refractivity (Wildman–Crippen MR) is 70.0 cm³/mol. The van der Waals surface area contributed by atoms with E-state index in [0.717, 1.165) is 5.56 Å². The maximum absolute atomic E-state index is 11.4. The zero-order chi connectivity index (χ0) is 13.6. The molecular formula is C13H21N3O2. The van der Waals surface area contributed by atoms with Crippen LogP contribution in [0.15, 0.2) is 24.5 Å². The first-order valence-electron chi connectivity index (χ1n) is 6.01. The summed E-state index contributed by atoms with van der Waals surface area (Å²) in [5, 5.41) is 2.68. The van der Waals surface area contributed by atoms with Gasteiger partial charge in [0.05, 0.1) is 0 Å². The zero-order valence-corrected chi connectivity index (χ0v) is 11.1. The molecule has 1 rings (SSSR count). The van der Waals surface area contributed by atoms with Crippen molar-refractivity contribution >= 4 is 6.09 Å². The second-order valence-electron chi connectivity index (χ2n) is 5.10. The normalized spacial score (nSPS) is 12.9. The summed E-state index contributed by atoms with van der Waals surface area (Å²) in [6, 6.07) is 3.64. The third-order valence-corrected chi connectivity index (χ3v) is 2.26. The van der Waals surface area contributed by atoms with Crippen molar-refractivity contribution in [2.75, 3.05) is 6.54 Å². The minimum absolute atomic E-state index is 0.108. The van der Waals surface area contributed by atoms with Crippen molar-refractivity contribution in [1.82, 2.24) is 10.3 Å². The lowest BCUT2D eigenvalue weighted by atomic mass is 10.1. The molecule has 1 unspecified atom stereocenters. The van der Waals surface area contributed by atoms with Crippen molar-refractivity contribution in [1.29, 1.82) is 0 Å². The van der Waals surface area contributed by atoms with Gasteiger partial charge in [0.15, 0.2) is 0 Å². The van der Waals surface area contributed by atoms with Crippen molar-refractivity contribution in [2.45, 2.75) is 38.8 Å². The molecule has 100 valence electrons. The summed E-state index contributed by atoms with van der Waals surface area (Å²) in [7, 11) is 0. The Morgan fingerprint density at radius 1 is 1.44 bits per heavy atom. The first-order valence-corrected chi connectivity index (χ1v) is 6.01. The number of alkyl carbamates (subject to hydrolysis) is 1. The monoisotopic (exact) mass is 251 g/mol. The van der Waals surface area contributed by atoms with Crippen LogP contribution in [-0.4, -0.2) is 23.2 Å². The topological polar surface area (TPSA) is 77.2 Å². The SMILES string of the molecule is CC(C)(C)OC(=O)NCCC(N)c1ccncc1. The minimum atomic E-state index is -0.475. The van der Waals surface area contributed by atoms with Crippen LogP contribution in [0.3, 0.4) is 0 Å². The van der Waals surface area contributed by atoms with Crippen LogP contribution in [0.1, 0.15) is 38.8 Å². The van der Waals surface area contributed by atoms with Crippen LogP contribution in [0, 0.1) is 0 Å². The summed E-state index contributed by atoms with van der Waals surface area (Å²) < 4.78 is 5.12. The van der Waals surface area contributed by atoms with Gasteiger partial charge in [-0.3, -0.25) is 4.98 Å². The fourth-order valence-corrected chi connectivity index (χ4v) is 1.42. The highest BCUT2D eigenvalue weighted by Gasteiger charge is 2.15. The summed E-state index contributed by atoms with van der Waals surface area (Å²) in [4.78, 5) is 15.3. The van der Waals surface area contributed by atoms with Crippen LogP contribution >= 0.6 is 0 Å². The van der Waals surface area contributed by atoms with E-state index in [2.05, 4.69) is 10.3 Å². The molecule has 18 heavy (non-hydrogen) atoms. The predicted octanol–water partition coefficient (Wildman–Crippen LogP) is 2.00. The highest BCUT2D eigenvalue weighted by atomic mass is 16.6. The quantitative estimate of drug-likeness (QED) is 0.858. The summed E-state index contributed by atoms with van der Waals surface area (Å²) in [6.45, 7) is 5.97. The van der Waals surface area contributed by atoms with Gasteiger partial charge >= 0.3 is 6.09 Å². The van der Waals surface area contributed by atoms with E-state index in [-0.39, 0.29) is 6.04 Å². The zero-order valence-electron chi connectivity index (χ0n) is 11.1. The molecule has 1 amide bonds. The third-order valence-electron chi connectivity index (χ3n) is 2.26. The highest BCUT2D eigenvalue weighted by Crippen LogP contribution is 2.11. The molecular weight excluding hydrogens is 230 g/mol. The van der Waals surface area contributed by atoms with Crippen molar-refractivity contribution < 1.29 is 9.53 Å². The van der Waals surface area contributed by atoms with Gasteiger partial charge < -0.3 is 15.8 Å². The lowest BCUT2D eigenvalue weighted by molar-refractivity contribution is 0.0526. The van der Waals surface area contributed by atoms with Crippen LogP contribution in [0.25, 0.3) is 0 Å². The van der Waals surface area contributed by atoms with Gasteiger partial charge in [-0.15, -0.1) is 0 Å². The standard InChI is InChI=1S/C13H21N3O2/c1-13(2,3)18-12(17)16-9-6-11(14)10-4-7-15-8-5-10/h4-5,7-8,11H,6,9,14H2,1-3H3,(H,16,17). The Hall–Kier alpha value is -1.62. The van der Waals surface area contributed by atoms with Gasteiger partial charge in [0.1, 0.15) is 5.60 Å².